The maximum absolute atomic E-state index is 11.2. The predicted molar refractivity (Wildman–Crippen MR) is 73.9 cm³/mol. The number of pyridine rings is 1. The molecule has 0 aliphatic rings. The van der Waals surface area contributed by atoms with Crippen LogP contribution in [-0.2, 0) is 0 Å². The number of nitrogens with one attached hydrogen (secondary N) is 1. The molecule has 19 heavy (non-hydrogen) atoms. The topological polar surface area (TPSA) is 80.4 Å². The summed E-state index contributed by atoms with van der Waals surface area (Å²) in [6, 6.07) is 10.8. The minimum atomic E-state index is -0.458. The molecular formula is C14H14N4O. The highest BCUT2D eigenvalue weighted by molar-refractivity contribution is 6.13. The zero-order valence-electron chi connectivity index (χ0n) is 10.5. The average molecular weight is 254 g/mol. The number of amides is 1. The van der Waals surface area contributed by atoms with Crippen LogP contribution in [0.2, 0.25) is 0 Å². The van der Waals surface area contributed by atoms with Gasteiger partial charge < -0.3 is 11.2 Å². The molecule has 3 N–H and O–H groups in total. The van der Waals surface area contributed by atoms with Crippen LogP contribution in [0.1, 0.15) is 21.5 Å². The van der Waals surface area contributed by atoms with Gasteiger partial charge in [-0.1, -0.05) is 12.1 Å². The molecule has 2 aromatic rings. The fraction of sp³-hybridized carbons (Fsp3) is 0.0714. The van der Waals surface area contributed by atoms with E-state index < -0.39 is 5.91 Å². The first-order chi connectivity index (χ1) is 9.22. The summed E-state index contributed by atoms with van der Waals surface area (Å²) in [5, 5.41) is 4.25. The molecule has 2 rings (SSSR count). The molecule has 0 saturated heterocycles. The van der Waals surface area contributed by atoms with E-state index in [1.165, 1.54) is 0 Å². The Hall–Kier alpha value is -2.69. The number of carbonyl (C=O) groups is 1. The molecule has 96 valence electrons. The maximum Gasteiger partial charge on any atom is 0.248 e. The Labute approximate surface area is 111 Å². The van der Waals surface area contributed by atoms with Crippen LogP contribution < -0.4 is 11.2 Å². The third-order valence-corrected chi connectivity index (χ3v) is 2.60. The molecule has 0 aliphatic heterocycles. The van der Waals surface area contributed by atoms with Crippen molar-refractivity contribution in [3.63, 3.8) is 0 Å². The summed E-state index contributed by atoms with van der Waals surface area (Å²) in [6.45, 7) is 0. The van der Waals surface area contributed by atoms with Crippen LogP contribution in [0.25, 0.3) is 0 Å². The van der Waals surface area contributed by atoms with E-state index in [-0.39, 0.29) is 0 Å². The third kappa shape index (κ3) is 2.95. The number of aromatic nitrogens is 1. The number of rotatable bonds is 4. The Bertz CT molecular complexity index is 608. The highest BCUT2D eigenvalue weighted by Crippen LogP contribution is 2.12. The normalized spacial score (nSPS) is 11.1. The van der Waals surface area contributed by atoms with Crippen LogP contribution in [0.4, 0.5) is 0 Å². The number of nitrogens with two attached hydrogens (primary N) is 1. The molecule has 0 aliphatic carbocycles. The van der Waals surface area contributed by atoms with Gasteiger partial charge >= 0.3 is 0 Å². The van der Waals surface area contributed by atoms with E-state index in [9.17, 15) is 4.79 Å². The van der Waals surface area contributed by atoms with Gasteiger partial charge in [0.1, 0.15) is 0 Å². The molecule has 0 unspecified atom stereocenters. The summed E-state index contributed by atoms with van der Waals surface area (Å²) in [6.07, 6.45) is 3.39. The first kappa shape index (κ1) is 12.8. The van der Waals surface area contributed by atoms with Gasteiger partial charge in [0.25, 0.3) is 0 Å². The second-order valence-electron chi connectivity index (χ2n) is 3.86. The van der Waals surface area contributed by atoms with Crippen LogP contribution in [0.5, 0.6) is 0 Å². The van der Waals surface area contributed by atoms with Gasteiger partial charge in [0.2, 0.25) is 5.91 Å². The molecular weight excluding hydrogens is 240 g/mol. The third-order valence-electron chi connectivity index (χ3n) is 2.60. The quantitative estimate of drug-likeness (QED) is 0.634. The SMILES string of the molecule is CN/N=C(/c1ccncc1)c1cccc(C(N)=O)c1. The molecule has 0 atom stereocenters. The molecule has 0 radical (unpaired) electrons. The zero-order chi connectivity index (χ0) is 13.7. The van der Waals surface area contributed by atoms with Crippen LogP contribution in [-0.4, -0.2) is 23.7 Å². The number of benzene rings is 1. The molecule has 5 nitrogen and oxygen atoms in total. The zero-order valence-corrected chi connectivity index (χ0v) is 10.5. The first-order valence-corrected chi connectivity index (χ1v) is 5.77. The Morgan fingerprint density at radius 2 is 1.84 bits per heavy atom. The van der Waals surface area contributed by atoms with Crippen molar-refractivity contribution in [3.05, 3.63) is 65.5 Å². The summed E-state index contributed by atoms with van der Waals surface area (Å²) in [5.41, 5.74) is 11.0. The minimum absolute atomic E-state index is 0.454. The van der Waals surface area contributed by atoms with Crippen molar-refractivity contribution in [2.45, 2.75) is 0 Å². The molecule has 0 bridgehead atoms. The van der Waals surface area contributed by atoms with Crippen molar-refractivity contribution in [2.24, 2.45) is 10.8 Å². The van der Waals surface area contributed by atoms with Crippen molar-refractivity contribution in [1.29, 1.82) is 0 Å². The van der Waals surface area contributed by atoms with E-state index >= 15 is 0 Å². The van der Waals surface area contributed by atoms with E-state index in [0.717, 1.165) is 16.8 Å². The van der Waals surface area contributed by atoms with Gasteiger partial charge in [-0.15, -0.1) is 0 Å². The maximum atomic E-state index is 11.2. The van der Waals surface area contributed by atoms with E-state index in [1.54, 1.807) is 37.6 Å². The van der Waals surface area contributed by atoms with Gasteiger partial charge in [-0.25, -0.2) is 0 Å². The standard InChI is InChI=1S/C14H14N4O/c1-16-18-13(10-5-7-17-8-6-10)11-3-2-4-12(9-11)14(15)19/h2-9,16H,1H3,(H2,15,19)/b18-13-. The molecule has 1 aromatic heterocycles. The van der Waals surface area contributed by atoms with Gasteiger partial charge in [-0.05, 0) is 24.3 Å². The van der Waals surface area contributed by atoms with Crippen molar-refractivity contribution in [3.8, 4) is 0 Å². The lowest BCUT2D eigenvalue weighted by Crippen LogP contribution is -2.13. The fourth-order valence-corrected chi connectivity index (χ4v) is 1.74. The Morgan fingerprint density at radius 3 is 2.47 bits per heavy atom. The monoisotopic (exact) mass is 254 g/mol. The van der Waals surface area contributed by atoms with E-state index in [2.05, 4.69) is 15.5 Å². The van der Waals surface area contributed by atoms with Gasteiger partial charge in [0.05, 0.1) is 5.71 Å². The number of hydrogen-bond donors (Lipinski definition) is 2. The Kier molecular flexibility index (Phi) is 3.87. The van der Waals surface area contributed by atoms with Crippen LogP contribution in [0, 0.1) is 0 Å². The molecule has 0 fully saturated rings. The van der Waals surface area contributed by atoms with Crippen molar-refractivity contribution >= 4 is 11.6 Å². The smallest absolute Gasteiger partial charge is 0.248 e. The summed E-state index contributed by atoms with van der Waals surface area (Å²) < 4.78 is 0. The van der Waals surface area contributed by atoms with Gasteiger partial charge in [-0.2, -0.15) is 5.10 Å². The van der Waals surface area contributed by atoms with Gasteiger partial charge in [0, 0.05) is 36.1 Å². The molecule has 0 spiro atoms. The molecule has 1 heterocycles. The summed E-state index contributed by atoms with van der Waals surface area (Å²) in [7, 11) is 1.72. The van der Waals surface area contributed by atoms with E-state index in [1.807, 2.05) is 18.2 Å². The largest absolute Gasteiger partial charge is 0.366 e. The van der Waals surface area contributed by atoms with E-state index in [0.29, 0.717) is 5.56 Å². The van der Waals surface area contributed by atoms with Crippen molar-refractivity contribution in [2.75, 3.05) is 7.05 Å². The lowest BCUT2D eigenvalue weighted by atomic mass is 10.0. The summed E-state index contributed by atoms with van der Waals surface area (Å²) in [4.78, 5) is 15.2. The van der Waals surface area contributed by atoms with Gasteiger partial charge in [-0.3, -0.25) is 9.78 Å². The number of primary amides is 1. The van der Waals surface area contributed by atoms with Gasteiger partial charge in [0.15, 0.2) is 0 Å². The number of carbonyl (C=O) groups excluding carboxylic acids is 1. The Morgan fingerprint density at radius 1 is 1.16 bits per heavy atom. The Balaban J connectivity index is 2.49. The molecule has 1 amide bonds. The lowest BCUT2D eigenvalue weighted by molar-refractivity contribution is 0.100. The summed E-state index contributed by atoms with van der Waals surface area (Å²) in [5.74, 6) is -0.458. The lowest BCUT2D eigenvalue weighted by Gasteiger charge is -2.07. The second-order valence-corrected chi connectivity index (χ2v) is 3.86. The summed E-state index contributed by atoms with van der Waals surface area (Å²) >= 11 is 0. The fourth-order valence-electron chi connectivity index (χ4n) is 1.74. The highest BCUT2D eigenvalue weighted by Gasteiger charge is 2.09. The first-order valence-electron chi connectivity index (χ1n) is 5.77. The number of nitrogens with zero attached hydrogens (tertiary/aromatic N) is 2. The number of hydrogen-bond acceptors (Lipinski definition) is 4. The van der Waals surface area contributed by atoms with Crippen LogP contribution >= 0.6 is 0 Å². The number of hydrazone groups is 1. The highest BCUT2D eigenvalue weighted by atomic mass is 16.1. The predicted octanol–water partition coefficient (Wildman–Crippen LogP) is 1.15. The van der Waals surface area contributed by atoms with Crippen LogP contribution in [0.15, 0.2) is 53.9 Å². The van der Waals surface area contributed by atoms with Crippen LogP contribution in [0.3, 0.4) is 0 Å². The molecule has 0 saturated carbocycles. The molecule has 1 aromatic carbocycles. The van der Waals surface area contributed by atoms with E-state index in [4.69, 9.17) is 5.73 Å². The average Bonchev–Trinajstić information content (AvgIpc) is 2.46. The van der Waals surface area contributed by atoms with Crippen molar-refractivity contribution in [1.82, 2.24) is 10.4 Å². The second kappa shape index (κ2) is 5.77. The minimum Gasteiger partial charge on any atom is -0.366 e. The molecule has 5 heteroatoms. The van der Waals surface area contributed by atoms with Crippen molar-refractivity contribution < 1.29 is 4.79 Å².